The van der Waals surface area contributed by atoms with Gasteiger partial charge in [-0.3, -0.25) is 15.1 Å². The van der Waals surface area contributed by atoms with E-state index in [1.165, 1.54) is 19.5 Å². The Hall–Kier alpha value is -1.69. The third-order valence-electron chi connectivity index (χ3n) is 1.84. The van der Waals surface area contributed by atoms with E-state index in [4.69, 9.17) is 9.47 Å². The number of methoxy groups -OCH3 is 1. The molecule has 17 heavy (non-hydrogen) atoms. The van der Waals surface area contributed by atoms with E-state index in [0.717, 1.165) is 0 Å². The summed E-state index contributed by atoms with van der Waals surface area (Å²) in [5.41, 5.74) is -0.555. The molecule has 0 spiro atoms. The Labute approximate surface area is 99.7 Å². The van der Waals surface area contributed by atoms with Crippen LogP contribution in [0.2, 0.25) is 0 Å². The van der Waals surface area contributed by atoms with E-state index < -0.39 is 17.8 Å². The molecule has 1 unspecified atom stereocenters. The van der Waals surface area contributed by atoms with Gasteiger partial charge in [0.2, 0.25) is 5.78 Å². The number of amides is 1. The van der Waals surface area contributed by atoms with Gasteiger partial charge in [0.05, 0.1) is 6.20 Å². The zero-order chi connectivity index (χ0) is 13.1. The summed E-state index contributed by atoms with van der Waals surface area (Å²) in [6, 6.07) is 0. The van der Waals surface area contributed by atoms with Gasteiger partial charge in [0.1, 0.15) is 11.3 Å². The number of hydrogen-bond donors (Lipinski definition) is 1. The molecule has 0 radical (unpaired) electrons. The van der Waals surface area contributed by atoms with Crippen LogP contribution in [0.25, 0.3) is 0 Å². The summed E-state index contributed by atoms with van der Waals surface area (Å²) in [7, 11) is 1.39. The molecule has 0 fully saturated rings. The number of ketones is 1. The Balaban J connectivity index is 2.63. The molecule has 0 aliphatic carbocycles. The molecule has 0 saturated heterocycles. The molecule has 6 heteroatoms. The Kier molecular flexibility index (Phi) is 4.01. The van der Waals surface area contributed by atoms with Gasteiger partial charge in [-0.15, -0.1) is 0 Å². The van der Waals surface area contributed by atoms with Gasteiger partial charge in [0.25, 0.3) is 0 Å². The molecule has 6 nitrogen and oxygen atoms in total. The van der Waals surface area contributed by atoms with Crippen molar-refractivity contribution in [2.45, 2.75) is 32.5 Å². The van der Waals surface area contributed by atoms with Crippen molar-refractivity contribution in [3.05, 3.63) is 11.9 Å². The third-order valence-corrected chi connectivity index (χ3v) is 1.84. The number of alkyl carbamates (subject to hydrolysis) is 1. The lowest BCUT2D eigenvalue weighted by Gasteiger charge is -2.21. The minimum Gasteiger partial charge on any atom is -0.444 e. The zero-order valence-corrected chi connectivity index (χ0v) is 10.3. The summed E-state index contributed by atoms with van der Waals surface area (Å²) in [5, 5.41) is 2.35. The van der Waals surface area contributed by atoms with Crippen LogP contribution < -0.4 is 5.32 Å². The molecule has 1 N–H and O–H groups in total. The molecule has 1 aliphatic rings. The van der Waals surface area contributed by atoms with Crippen LogP contribution >= 0.6 is 0 Å². The van der Waals surface area contributed by atoms with Crippen LogP contribution in [0.15, 0.2) is 16.9 Å². The van der Waals surface area contributed by atoms with Crippen LogP contribution in [0.3, 0.4) is 0 Å². The van der Waals surface area contributed by atoms with E-state index in [1.807, 2.05) is 0 Å². The van der Waals surface area contributed by atoms with Crippen molar-refractivity contribution < 1.29 is 19.1 Å². The molecular formula is C11H16N2O4. The molecule has 94 valence electrons. The molecule has 1 atom stereocenters. The van der Waals surface area contributed by atoms with Gasteiger partial charge in [-0.1, -0.05) is 0 Å². The molecule has 1 aliphatic heterocycles. The standard InChI is InChI=1S/C11H16N2O4/c1-11(2,3)17-10(15)13-7-5-12-6-8(16-4)9(7)14/h5-6,8H,1-4H3,(H,13,15). The summed E-state index contributed by atoms with van der Waals surface area (Å²) < 4.78 is 9.91. The number of carbonyl (C=O) groups excluding carboxylic acids is 2. The number of nitrogens with zero attached hydrogens (tertiary/aromatic N) is 1. The fourth-order valence-corrected chi connectivity index (χ4v) is 1.16. The average Bonchev–Trinajstić information content (AvgIpc) is 2.18. The summed E-state index contributed by atoms with van der Waals surface area (Å²) in [4.78, 5) is 27.0. The Morgan fingerprint density at radius 2 is 2.12 bits per heavy atom. The fourth-order valence-electron chi connectivity index (χ4n) is 1.16. The predicted molar refractivity (Wildman–Crippen MR) is 61.7 cm³/mol. The number of ether oxygens (including phenoxy) is 2. The van der Waals surface area contributed by atoms with Crippen molar-refractivity contribution in [1.82, 2.24) is 5.32 Å². The lowest BCUT2D eigenvalue weighted by Crippen LogP contribution is -2.39. The van der Waals surface area contributed by atoms with Crippen LogP contribution in [0.1, 0.15) is 20.8 Å². The average molecular weight is 240 g/mol. The maximum atomic E-state index is 11.7. The number of aliphatic imine (C=N–C) groups is 1. The molecule has 0 aromatic heterocycles. The van der Waals surface area contributed by atoms with Crippen molar-refractivity contribution in [3.8, 4) is 0 Å². The van der Waals surface area contributed by atoms with E-state index >= 15 is 0 Å². The third kappa shape index (κ3) is 3.99. The van der Waals surface area contributed by atoms with Crippen molar-refractivity contribution >= 4 is 18.1 Å². The highest BCUT2D eigenvalue weighted by Gasteiger charge is 2.26. The first kappa shape index (κ1) is 13.4. The largest absolute Gasteiger partial charge is 0.444 e. The van der Waals surface area contributed by atoms with Crippen LogP contribution in [0, 0.1) is 0 Å². The van der Waals surface area contributed by atoms with Crippen molar-refractivity contribution in [3.63, 3.8) is 0 Å². The summed E-state index contributed by atoms with van der Waals surface area (Å²) in [5.74, 6) is -0.353. The quantitative estimate of drug-likeness (QED) is 0.781. The van der Waals surface area contributed by atoms with E-state index in [2.05, 4.69) is 10.3 Å². The van der Waals surface area contributed by atoms with Gasteiger partial charge >= 0.3 is 6.09 Å². The minimum absolute atomic E-state index is 0.0635. The van der Waals surface area contributed by atoms with Crippen LogP contribution in [0.5, 0.6) is 0 Å². The second-order valence-corrected chi connectivity index (χ2v) is 4.49. The van der Waals surface area contributed by atoms with E-state index in [9.17, 15) is 9.59 Å². The first-order valence-corrected chi connectivity index (χ1v) is 5.14. The molecule has 1 heterocycles. The maximum absolute atomic E-state index is 11.7. The highest BCUT2D eigenvalue weighted by molar-refractivity contribution is 6.10. The topological polar surface area (TPSA) is 77.0 Å². The lowest BCUT2D eigenvalue weighted by atomic mass is 10.1. The van der Waals surface area contributed by atoms with Crippen molar-refractivity contribution in [2.75, 3.05) is 7.11 Å². The molecule has 0 bridgehead atoms. The first-order valence-electron chi connectivity index (χ1n) is 5.14. The van der Waals surface area contributed by atoms with E-state index in [-0.39, 0.29) is 11.5 Å². The number of Topliss-reactive ketones (excluding diaryl/α,β-unsaturated/α-hetero) is 1. The molecule has 1 rings (SSSR count). The van der Waals surface area contributed by atoms with Gasteiger partial charge in [-0.25, -0.2) is 4.79 Å². The number of hydrogen-bond acceptors (Lipinski definition) is 5. The van der Waals surface area contributed by atoms with Crippen molar-refractivity contribution in [1.29, 1.82) is 0 Å². The molecule has 0 aromatic rings. The van der Waals surface area contributed by atoms with Gasteiger partial charge in [0.15, 0.2) is 6.10 Å². The first-order chi connectivity index (χ1) is 7.83. The van der Waals surface area contributed by atoms with E-state index in [0.29, 0.717) is 0 Å². The van der Waals surface area contributed by atoms with Gasteiger partial charge in [-0.05, 0) is 20.8 Å². The van der Waals surface area contributed by atoms with E-state index in [1.54, 1.807) is 20.8 Å². The summed E-state index contributed by atoms with van der Waals surface area (Å²) in [6.45, 7) is 5.21. The predicted octanol–water partition coefficient (Wildman–Crippen LogP) is 1.02. The molecule has 1 amide bonds. The minimum atomic E-state index is -0.759. The number of rotatable bonds is 2. The number of nitrogens with one attached hydrogen (secondary N) is 1. The molecular weight excluding hydrogens is 224 g/mol. The summed E-state index contributed by atoms with van der Waals surface area (Å²) in [6.07, 6.45) is 1.18. The maximum Gasteiger partial charge on any atom is 0.412 e. The van der Waals surface area contributed by atoms with Gasteiger partial charge in [-0.2, -0.15) is 0 Å². The smallest absolute Gasteiger partial charge is 0.412 e. The van der Waals surface area contributed by atoms with Crippen LogP contribution in [-0.4, -0.2) is 36.9 Å². The van der Waals surface area contributed by atoms with Gasteiger partial charge < -0.3 is 9.47 Å². The normalized spacial score (nSPS) is 19.9. The van der Waals surface area contributed by atoms with Gasteiger partial charge in [0, 0.05) is 13.3 Å². The zero-order valence-electron chi connectivity index (χ0n) is 10.3. The van der Waals surface area contributed by atoms with Crippen LogP contribution in [0.4, 0.5) is 4.79 Å². The fraction of sp³-hybridized carbons (Fsp3) is 0.545. The monoisotopic (exact) mass is 240 g/mol. The highest BCUT2D eigenvalue weighted by Crippen LogP contribution is 2.09. The highest BCUT2D eigenvalue weighted by atomic mass is 16.6. The Bertz CT molecular complexity index is 379. The SMILES string of the molecule is COC1C=NC=C(NC(=O)OC(C)(C)C)C1=O. The second-order valence-electron chi connectivity index (χ2n) is 4.49. The number of carbonyl (C=O) groups is 2. The Morgan fingerprint density at radius 1 is 1.47 bits per heavy atom. The Morgan fingerprint density at radius 3 is 2.65 bits per heavy atom. The molecule has 0 aromatic carbocycles. The van der Waals surface area contributed by atoms with Crippen LogP contribution in [-0.2, 0) is 14.3 Å². The molecule has 0 saturated carbocycles. The van der Waals surface area contributed by atoms with Crippen molar-refractivity contribution in [2.24, 2.45) is 4.99 Å². The lowest BCUT2D eigenvalue weighted by molar-refractivity contribution is -0.122. The second kappa shape index (κ2) is 5.09. The summed E-state index contributed by atoms with van der Waals surface area (Å²) >= 11 is 0.